The van der Waals surface area contributed by atoms with Crippen LogP contribution in [-0.4, -0.2) is 33.2 Å². The number of rotatable bonds is 4. The Morgan fingerprint density at radius 1 is 1.53 bits per heavy atom. The average Bonchev–Trinajstić information content (AvgIpc) is 2.85. The zero-order chi connectivity index (χ0) is 12.4. The first-order valence-electron chi connectivity index (χ1n) is 6.25. The van der Waals surface area contributed by atoms with Gasteiger partial charge in [0.1, 0.15) is 0 Å². The summed E-state index contributed by atoms with van der Waals surface area (Å²) in [5, 5.41) is 4.47. The van der Waals surface area contributed by atoms with E-state index in [2.05, 4.69) is 12.0 Å². The lowest BCUT2D eigenvalue weighted by molar-refractivity contribution is -0.129. The summed E-state index contributed by atoms with van der Waals surface area (Å²) in [7, 11) is 0. The second kappa shape index (κ2) is 4.87. The summed E-state index contributed by atoms with van der Waals surface area (Å²) < 4.78 is 1.87. The van der Waals surface area contributed by atoms with Gasteiger partial charge in [-0.15, -0.1) is 0 Å². The highest BCUT2D eigenvalue weighted by atomic mass is 16.2. The van der Waals surface area contributed by atoms with E-state index in [1.54, 1.807) is 0 Å². The van der Waals surface area contributed by atoms with Crippen LogP contribution in [0.25, 0.3) is 0 Å². The number of aromatic nitrogens is 2. The van der Waals surface area contributed by atoms with E-state index in [0.717, 1.165) is 25.2 Å². The van der Waals surface area contributed by atoms with Crippen LogP contribution >= 0.6 is 0 Å². The number of aryl methyl sites for hydroxylation is 1. The summed E-state index contributed by atoms with van der Waals surface area (Å²) in [6.45, 7) is 5.71. The molecule has 0 aliphatic carbocycles. The Balaban J connectivity index is 2.24. The first-order chi connectivity index (χ1) is 8.17. The standard InChI is InChI=1S/C12H20N4O/c1-3-6-16-11(17)8-9(13)12(16)10-5-7-15(4-2)14-10/h5,7,9,12H,3-4,6,8,13H2,1-2H3. The number of likely N-dealkylation sites (tertiary alicyclic amines) is 1. The molecule has 1 fully saturated rings. The second-order valence-corrected chi connectivity index (χ2v) is 4.50. The van der Waals surface area contributed by atoms with Crippen LogP contribution in [0.1, 0.15) is 38.4 Å². The Morgan fingerprint density at radius 3 is 2.88 bits per heavy atom. The van der Waals surface area contributed by atoms with Gasteiger partial charge in [0.15, 0.2) is 0 Å². The van der Waals surface area contributed by atoms with E-state index in [1.807, 2.05) is 28.8 Å². The molecule has 1 aromatic heterocycles. The van der Waals surface area contributed by atoms with E-state index in [-0.39, 0.29) is 18.0 Å². The van der Waals surface area contributed by atoms with Gasteiger partial charge >= 0.3 is 0 Å². The molecule has 2 rings (SSSR count). The third kappa shape index (κ3) is 2.20. The predicted octanol–water partition coefficient (Wildman–Crippen LogP) is 0.914. The van der Waals surface area contributed by atoms with Crippen molar-refractivity contribution < 1.29 is 4.79 Å². The monoisotopic (exact) mass is 236 g/mol. The molecular weight excluding hydrogens is 216 g/mol. The molecule has 2 heterocycles. The summed E-state index contributed by atoms with van der Waals surface area (Å²) in [6, 6.07) is 1.79. The molecule has 2 atom stereocenters. The molecule has 5 heteroatoms. The van der Waals surface area contributed by atoms with E-state index in [0.29, 0.717) is 6.42 Å². The Kier molecular flexibility index (Phi) is 3.47. The Bertz CT molecular complexity index is 401. The van der Waals surface area contributed by atoms with E-state index in [9.17, 15) is 4.79 Å². The second-order valence-electron chi connectivity index (χ2n) is 4.50. The van der Waals surface area contributed by atoms with Crippen LogP contribution in [-0.2, 0) is 11.3 Å². The molecule has 1 saturated heterocycles. The van der Waals surface area contributed by atoms with Gasteiger partial charge in [0.25, 0.3) is 0 Å². The minimum Gasteiger partial charge on any atom is -0.332 e. The van der Waals surface area contributed by atoms with Crippen LogP contribution in [0.4, 0.5) is 0 Å². The fourth-order valence-electron chi connectivity index (χ4n) is 2.41. The molecule has 5 nitrogen and oxygen atoms in total. The maximum absolute atomic E-state index is 11.8. The van der Waals surface area contributed by atoms with Crippen molar-refractivity contribution in [2.75, 3.05) is 6.54 Å². The summed E-state index contributed by atoms with van der Waals surface area (Å²) in [5.41, 5.74) is 6.98. The largest absolute Gasteiger partial charge is 0.332 e. The molecule has 2 N–H and O–H groups in total. The summed E-state index contributed by atoms with van der Waals surface area (Å²) in [6.07, 6.45) is 3.32. The fourth-order valence-corrected chi connectivity index (χ4v) is 2.41. The molecule has 0 radical (unpaired) electrons. The van der Waals surface area contributed by atoms with Gasteiger partial charge in [0.05, 0.1) is 11.7 Å². The Hall–Kier alpha value is -1.36. The lowest BCUT2D eigenvalue weighted by atomic mass is 10.1. The van der Waals surface area contributed by atoms with Gasteiger partial charge < -0.3 is 10.6 Å². The van der Waals surface area contributed by atoms with E-state index in [1.165, 1.54) is 0 Å². The lowest BCUT2D eigenvalue weighted by Gasteiger charge is -2.24. The molecule has 0 bridgehead atoms. The van der Waals surface area contributed by atoms with Crippen molar-refractivity contribution in [3.05, 3.63) is 18.0 Å². The minimum absolute atomic E-state index is 0.0461. The number of nitrogens with zero attached hydrogens (tertiary/aromatic N) is 3. The third-order valence-corrected chi connectivity index (χ3v) is 3.22. The van der Waals surface area contributed by atoms with E-state index in [4.69, 9.17) is 5.73 Å². The van der Waals surface area contributed by atoms with Crippen molar-refractivity contribution in [2.24, 2.45) is 5.73 Å². The molecule has 1 aliphatic rings. The molecule has 2 unspecified atom stereocenters. The predicted molar refractivity (Wildman–Crippen MR) is 65.2 cm³/mol. The lowest BCUT2D eigenvalue weighted by Crippen LogP contribution is -2.34. The van der Waals surface area contributed by atoms with Crippen molar-refractivity contribution in [3.8, 4) is 0 Å². The Morgan fingerprint density at radius 2 is 2.29 bits per heavy atom. The van der Waals surface area contributed by atoms with Gasteiger partial charge in [0, 0.05) is 31.7 Å². The van der Waals surface area contributed by atoms with E-state index >= 15 is 0 Å². The highest BCUT2D eigenvalue weighted by Gasteiger charge is 2.39. The van der Waals surface area contributed by atoms with Gasteiger partial charge in [-0.3, -0.25) is 9.48 Å². The first kappa shape index (κ1) is 12.1. The molecule has 0 saturated carbocycles. The van der Waals surface area contributed by atoms with Crippen LogP contribution in [0, 0.1) is 0 Å². The molecule has 94 valence electrons. The topological polar surface area (TPSA) is 64.2 Å². The molecule has 0 aromatic carbocycles. The van der Waals surface area contributed by atoms with Crippen LogP contribution in [0.3, 0.4) is 0 Å². The molecule has 0 spiro atoms. The third-order valence-electron chi connectivity index (χ3n) is 3.22. The van der Waals surface area contributed by atoms with Gasteiger partial charge in [-0.2, -0.15) is 5.10 Å². The van der Waals surface area contributed by atoms with Gasteiger partial charge in [0.2, 0.25) is 5.91 Å². The van der Waals surface area contributed by atoms with Crippen LogP contribution < -0.4 is 5.73 Å². The van der Waals surface area contributed by atoms with Crippen LogP contribution in [0.15, 0.2) is 12.3 Å². The van der Waals surface area contributed by atoms with E-state index < -0.39 is 0 Å². The SMILES string of the molecule is CCCN1C(=O)CC(N)C1c1ccn(CC)n1. The smallest absolute Gasteiger partial charge is 0.224 e. The zero-order valence-corrected chi connectivity index (χ0v) is 10.5. The molecule has 1 amide bonds. The van der Waals surface area contributed by atoms with Crippen molar-refractivity contribution in [1.29, 1.82) is 0 Å². The highest BCUT2D eigenvalue weighted by Crippen LogP contribution is 2.30. The Labute approximate surface area is 102 Å². The van der Waals surface area contributed by atoms with Crippen LogP contribution in [0.2, 0.25) is 0 Å². The summed E-state index contributed by atoms with van der Waals surface area (Å²) in [5.74, 6) is 0.149. The summed E-state index contributed by atoms with van der Waals surface area (Å²) in [4.78, 5) is 13.7. The van der Waals surface area contributed by atoms with Gasteiger partial charge in [-0.05, 0) is 19.4 Å². The normalized spacial score (nSPS) is 24.6. The number of hydrogen-bond acceptors (Lipinski definition) is 3. The molecule has 1 aromatic rings. The van der Waals surface area contributed by atoms with Gasteiger partial charge in [-0.1, -0.05) is 6.92 Å². The number of carbonyl (C=O) groups is 1. The minimum atomic E-state index is -0.130. The van der Waals surface area contributed by atoms with Crippen LogP contribution in [0.5, 0.6) is 0 Å². The molecule has 17 heavy (non-hydrogen) atoms. The van der Waals surface area contributed by atoms with Crippen molar-refractivity contribution >= 4 is 5.91 Å². The average molecular weight is 236 g/mol. The maximum atomic E-state index is 11.8. The fraction of sp³-hybridized carbons (Fsp3) is 0.667. The number of hydrogen-bond donors (Lipinski definition) is 1. The summed E-state index contributed by atoms with van der Waals surface area (Å²) >= 11 is 0. The number of nitrogens with two attached hydrogens (primary N) is 1. The van der Waals surface area contributed by atoms with Crippen molar-refractivity contribution in [2.45, 2.75) is 45.3 Å². The molecule has 1 aliphatic heterocycles. The number of carbonyl (C=O) groups excluding carboxylic acids is 1. The van der Waals surface area contributed by atoms with Crippen molar-refractivity contribution in [1.82, 2.24) is 14.7 Å². The zero-order valence-electron chi connectivity index (χ0n) is 10.5. The quantitative estimate of drug-likeness (QED) is 0.845. The van der Waals surface area contributed by atoms with Crippen molar-refractivity contribution in [3.63, 3.8) is 0 Å². The highest BCUT2D eigenvalue weighted by molar-refractivity contribution is 5.80. The first-order valence-corrected chi connectivity index (χ1v) is 6.25. The number of amides is 1. The maximum Gasteiger partial charge on any atom is 0.224 e. The van der Waals surface area contributed by atoms with Gasteiger partial charge in [-0.25, -0.2) is 0 Å². The molecular formula is C12H20N4O.